The number of piperidine rings is 1. The standard InChI is InChI=1S/C11H21N.ClH/c1-9(2)7-8-11-6-4-5-10(3)12-11;/h7-12H,4-6H2,1-3H3;1H/t10-,11+;/m0./s1. The molecule has 0 radical (unpaired) electrons. The molecule has 1 aliphatic heterocycles. The number of hydrogen-bond acceptors (Lipinski definition) is 1. The highest BCUT2D eigenvalue weighted by molar-refractivity contribution is 5.85. The number of rotatable bonds is 2. The number of nitrogens with one attached hydrogen (secondary N) is 1. The van der Waals surface area contributed by atoms with Crippen LogP contribution in [0.1, 0.15) is 40.0 Å². The van der Waals surface area contributed by atoms with Gasteiger partial charge in [0.1, 0.15) is 0 Å². The van der Waals surface area contributed by atoms with E-state index in [0.717, 1.165) is 0 Å². The molecule has 0 aromatic heterocycles. The molecule has 2 heteroatoms. The predicted octanol–water partition coefficient (Wildman–Crippen LogP) is 3.15. The van der Waals surface area contributed by atoms with E-state index >= 15 is 0 Å². The van der Waals surface area contributed by atoms with Gasteiger partial charge in [-0.15, -0.1) is 12.4 Å². The zero-order valence-electron chi connectivity index (χ0n) is 8.92. The fourth-order valence-electron chi connectivity index (χ4n) is 1.68. The van der Waals surface area contributed by atoms with Gasteiger partial charge in [0.05, 0.1) is 0 Å². The second-order valence-corrected chi connectivity index (χ2v) is 4.23. The Labute approximate surface area is 88.4 Å². The van der Waals surface area contributed by atoms with Crippen molar-refractivity contribution >= 4 is 12.4 Å². The van der Waals surface area contributed by atoms with Crippen molar-refractivity contribution < 1.29 is 0 Å². The van der Waals surface area contributed by atoms with Gasteiger partial charge in [0.2, 0.25) is 0 Å². The van der Waals surface area contributed by atoms with Crippen LogP contribution in [0.25, 0.3) is 0 Å². The molecule has 1 fully saturated rings. The molecular weight excluding hydrogens is 182 g/mol. The van der Waals surface area contributed by atoms with Crippen molar-refractivity contribution in [3.05, 3.63) is 12.2 Å². The van der Waals surface area contributed by atoms with E-state index in [1.165, 1.54) is 19.3 Å². The van der Waals surface area contributed by atoms with Gasteiger partial charge in [-0.3, -0.25) is 0 Å². The van der Waals surface area contributed by atoms with E-state index in [1.807, 2.05) is 0 Å². The van der Waals surface area contributed by atoms with Crippen LogP contribution in [0.2, 0.25) is 0 Å². The lowest BCUT2D eigenvalue weighted by Crippen LogP contribution is -2.39. The van der Waals surface area contributed by atoms with E-state index in [0.29, 0.717) is 18.0 Å². The lowest BCUT2D eigenvalue weighted by molar-refractivity contribution is 0.374. The van der Waals surface area contributed by atoms with Crippen LogP contribution >= 0.6 is 12.4 Å². The molecule has 1 N–H and O–H groups in total. The van der Waals surface area contributed by atoms with E-state index in [1.54, 1.807) is 0 Å². The molecule has 0 aromatic carbocycles. The summed E-state index contributed by atoms with van der Waals surface area (Å²) >= 11 is 0. The Bertz CT molecular complexity index is 154. The number of hydrogen-bond donors (Lipinski definition) is 1. The largest absolute Gasteiger partial charge is 0.308 e. The van der Waals surface area contributed by atoms with Gasteiger partial charge in [-0.2, -0.15) is 0 Å². The van der Waals surface area contributed by atoms with Gasteiger partial charge >= 0.3 is 0 Å². The molecule has 78 valence electrons. The first-order chi connectivity index (χ1) is 5.68. The second kappa shape index (κ2) is 6.44. The molecule has 0 aromatic rings. The first kappa shape index (κ1) is 13.0. The van der Waals surface area contributed by atoms with E-state index in [2.05, 4.69) is 38.2 Å². The summed E-state index contributed by atoms with van der Waals surface area (Å²) < 4.78 is 0. The average molecular weight is 204 g/mol. The molecule has 0 unspecified atom stereocenters. The van der Waals surface area contributed by atoms with Gasteiger partial charge in [0.15, 0.2) is 0 Å². The molecular formula is C11H22ClN. The minimum atomic E-state index is 0. The topological polar surface area (TPSA) is 12.0 Å². The Balaban J connectivity index is 0.00000144. The predicted molar refractivity (Wildman–Crippen MR) is 61.5 cm³/mol. The average Bonchev–Trinajstić information content (AvgIpc) is 2.01. The van der Waals surface area contributed by atoms with E-state index in [9.17, 15) is 0 Å². The Kier molecular flexibility index (Phi) is 6.44. The first-order valence-corrected chi connectivity index (χ1v) is 5.13. The van der Waals surface area contributed by atoms with Crippen molar-refractivity contribution in [3.8, 4) is 0 Å². The molecule has 1 nitrogen and oxygen atoms in total. The Morgan fingerprint density at radius 2 is 2.00 bits per heavy atom. The van der Waals surface area contributed by atoms with Crippen LogP contribution in [0.15, 0.2) is 12.2 Å². The summed E-state index contributed by atoms with van der Waals surface area (Å²) in [5.74, 6) is 0.684. The molecule has 1 saturated heterocycles. The molecule has 1 heterocycles. The van der Waals surface area contributed by atoms with Gasteiger partial charge in [-0.05, 0) is 25.7 Å². The van der Waals surface area contributed by atoms with E-state index in [-0.39, 0.29) is 12.4 Å². The van der Waals surface area contributed by atoms with Crippen molar-refractivity contribution in [1.82, 2.24) is 5.32 Å². The van der Waals surface area contributed by atoms with E-state index < -0.39 is 0 Å². The molecule has 0 amide bonds. The SMILES string of the molecule is CC(C)C=C[C@H]1CCC[C@H](C)N1.Cl. The molecule has 1 aliphatic rings. The smallest absolute Gasteiger partial charge is 0.0252 e. The summed E-state index contributed by atoms with van der Waals surface area (Å²) in [6.07, 6.45) is 8.66. The zero-order valence-corrected chi connectivity index (χ0v) is 9.73. The molecule has 0 aliphatic carbocycles. The van der Waals surface area contributed by atoms with Gasteiger partial charge < -0.3 is 5.32 Å². The Morgan fingerprint density at radius 1 is 1.31 bits per heavy atom. The van der Waals surface area contributed by atoms with Crippen LogP contribution in [-0.4, -0.2) is 12.1 Å². The highest BCUT2D eigenvalue weighted by Gasteiger charge is 2.14. The van der Waals surface area contributed by atoms with Gasteiger partial charge in [-0.25, -0.2) is 0 Å². The maximum Gasteiger partial charge on any atom is 0.0252 e. The van der Waals surface area contributed by atoms with Crippen molar-refractivity contribution in [1.29, 1.82) is 0 Å². The zero-order chi connectivity index (χ0) is 8.97. The van der Waals surface area contributed by atoms with Crippen LogP contribution in [0.5, 0.6) is 0 Å². The maximum atomic E-state index is 3.58. The summed E-state index contributed by atoms with van der Waals surface area (Å²) in [4.78, 5) is 0. The number of halogens is 1. The molecule has 13 heavy (non-hydrogen) atoms. The van der Waals surface area contributed by atoms with Crippen LogP contribution in [0.4, 0.5) is 0 Å². The summed E-state index contributed by atoms with van der Waals surface area (Å²) in [6.45, 7) is 6.72. The van der Waals surface area contributed by atoms with Crippen molar-refractivity contribution in [2.24, 2.45) is 5.92 Å². The molecule has 0 bridgehead atoms. The Hall–Kier alpha value is -0.0100. The molecule has 2 atom stereocenters. The van der Waals surface area contributed by atoms with Gasteiger partial charge in [0.25, 0.3) is 0 Å². The quantitative estimate of drug-likeness (QED) is 0.680. The third-order valence-electron chi connectivity index (χ3n) is 2.38. The summed E-state index contributed by atoms with van der Waals surface area (Å²) in [5, 5.41) is 3.58. The van der Waals surface area contributed by atoms with Crippen LogP contribution in [0.3, 0.4) is 0 Å². The third-order valence-corrected chi connectivity index (χ3v) is 2.38. The summed E-state index contributed by atoms with van der Waals surface area (Å²) in [6, 6.07) is 1.34. The Morgan fingerprint density at radius 3 is 2.54 bits per heavy atom. The minimum Gasteiger partial charge on any atom is -0.308 e. The lowest BCUT2D eigenvalue weighted by Gasteiger charge is -2.26. The summed E-state index contributed by atoms with van der Waals surface area (Å²) in [5.41, 5.74) is 0. The van der Waals surface area contributed by atoms with Crippen LogP contribution in [0, 0.1) is 5.92 Å². The van der Waals surface area contributed by atoms with Crippen LogP contribution < -0.4 is 5.32 Å². The monoisotopic (exact) mass is 203 g/mol. The first-order valence-electron chi connectivity index (χ1n) is 5.13. The van der Waals surface area contributed by atoms with Gasteiger partial charge in [0, 0.05) is 12.1 Å². The molecule has 1 rings (SSSR count). The van der Waals surface area contributed by atoms with Crippen LogP contribution in [-0.2, 0) is 0 Å². The normalized spacial score (nSPS) is 29.2. The van der Waals surface area contributed by atoms with Gasteiger partial charge in [-0.1, -0.05) is 32.4 Å². The highest BCUT2D eigenvalue weighted by atomic mass is 35.5. The summed E-state index contributed by atoms with van der Waals surface area (Å²) in [7, 11) is 0. The van der Waals surface area contributed by atoms with E-state index in [4.69, 9.17) is 0 Å². The van der Waals surface area contributed by atoms with Crippen molar-refractivity contribution in [3.63, 3.8) is 0 Å². The lowest BCUT2D eigenvalue weighted by atomic mass is 9.98. The van der Waals surface area contributed by atoms with Crippen molar-refractivity contribution in [2.45, 2.75) is 52.1 Å². The molecule has 0 spiro atoms. The second-order valence-electron chi connectivity index (χ2n) is 4.23. The number of allylic oxidation sites excluding steroid dienone is 1. The fourth-order valence-corrected chi connectivity index (χ4v) is 1.68. The third kappa shape index (κ3) is 5.33. The van der Waals surface area contributed by atoms with Crippen molar-refractivity contribution in [2.75, 3.05) is 0 Å². The fraction of sp³-hybridized carbons (Fsp3) is 0.818. The molecule has 0 saturated carbocycles. The highest BCUT2D eigenvalue weighted by Crippen LogP contribution is 2.13. The maximum absolute atomic E-state index is 3.58. The minimum absolute atomic E-state index is 0.